The second kappa shape index (κ2) is 4.91. The van der Waals surface area contributed by atoms with E-state index >= 15 is 0 Å². The molecule has 2 rings (SSSR count). The van der Waals surface area contributed by atoms with Crippen LogP contribution in [0.4, 0.5) is 4.39 Å². The number of aryl methyl sites for hydroxylation is 2. The molecule has 0 fully saturated rings. The van der Waals surface area contributed by atoms with Crippen LogP contribution in [0, 0.1) is 19.7 Å². The van der Waals surface area contributed by atoms with Crippen LogP contribution >= 0.6 is 11.6 Å². The Balaban J connectivity index is 2.58. The quantitative estimate of drug-likeness (QED) is 0.737. The summed E-state index contributed by atoms with van der Waals surface area (Å²) in [5.74, 6) is -0.705. The van der Waals surface area contributed by atoms with E-state index in [1.807, 2.05) is 32.0 Å². The number of hydrogen-bond donors (Lipinski definition) is 0. The number of halogens is 2. The Labute approximate surface area is 110 Å². The van der Waals surface area contributed by atoms with Crippen LogP contribution in [0.1, 0.15) is 27.0 Å². The van der Waals surface area contributed by atoms with Crippen LogP contribution in [-0.4, -0.2) is 5.78 Å². The minimum absolute atomic E-state index is 0.203. The van der Waals surface area contributed by atoms with Crippen LogP contribution in [0.3, 0.4) is 0 Å². The summed E-state index contributed by atoms with van der Waals surface area (Å²) in [5.41, 5.74) is 2.51. The van der Waals surface area contributed by atoms with Crippen molar-refractivity contribution in [2.24, 2.45) is 0 Å². The maximum absolute atomic E-state index is 13.2. The average molecular weight is 263 g/mol. The number of rotatable bonds is 2. The van der Waals surface area contributed by atoms with Crippen LogP contribution in [-0.2, 0) is 0 Å². The molecule has 0 unspecified atom stereocenters. The third-order valence-electron chi connectivity index (χ3n) is 2.88. The number of benzene rings is 2. The SMILES string of the molecule is Cc1cccc(C)c1C(=O)c1cc(F)ccc1Cl. The first-order valence-electron chi connectivity index (χ1n) is 5.56. The zero-order valence-electron chi connectivity index (χ0n) is 10.1. The first kappa shape index (κ1) is 12.8. The normalized spacial score (nSPS) is 10.4. The van der Waals surface area contributed by atoms with Gasteiger partial charge in [0, 0.05) is 11.1 Å². The van der Waals surface area contributed by atoms with E-state index in [-0.39, 0.29) is 16.4 Å². The Morgan fingerprint density at radius 1 is 1.11 bits per heavy atom. The van der Waals surface area contributed by atoms with Crippen molar-refractivity contribution in [3.05, 3.63) is 69.5 Å². The molecule has 0 saturated heterocycles. The molecule has 0 aliphatic carbocycles. The fraction of sp³-hybridized carbons (Fsp3) is 0.133. The van der Waals surface area contributed by atoms with Gasteiger partial charge in [-0.1, -0.05) is 29.8 Å². The van der Waals surface area contributed by atoms with Crippen LogP contribution in [0.15, 0.2) is 36.4 Å². The van der Waals surface area contributed by atoms with Crippen molar-refractivity contribution in [2.45, 2.75) is 13.8 Å². The maximum atomic E-state index is 13.2. The molecule has 3 heteroatoms. The molecule has 0 aliphatic rings. The number of hydrogen-bond acceptors (Lipinski definition) is 1. The van der Waals surface area contributed by atoms with Gasteiger partial charge in [0.15, 0.2) is 5.78 Å². The van der Waals surface area contributed by atoms with E-state index in [1.165, 1.54) is 18.2 Å². The number of ketones is 1. The summed E-state index contributed by atoms with van der Waals surface area (Å²) in [6, 6.07) is 9.41. The molecule has 0 saturated carbocycles. The van der Waals surface area contributed by atoms with E-state index < -0.39 is 5.82 Å². The third-order valence-corrected chi connectivity index (χ3v) is 3.21. The predicted octanol–water partition coefficient (Wildman–Crippen LogP) is 4.33. The van der Waals surface area contributed by atoms with E-state index in [4.69, 9.17) is 11.6 Å². The van der Waals surface area contributed by atoms with Crippen molar-refractivity contribution in [1.82, 2.24) is 0 Å². The molecule has 0 spiro atoms. The fourth-order valence-corrected chi connectivity index (χ4v) is 2.18. The highest BCUT2D eigenvalue weighted by Crippen LogP contribution is 2.24. The molecule has 0 heterocycles. The highest BCUT2D eigenvalue weighted by Gasteiger charge is 2.17. The summed E-state index contributed by atoms with van der Waals surface area (Å²) < 4.78 is 13.2. The highest BCUT2D eigenvalue weighted by molar-refractivity contribution is 6.35. The minimum atomic E-state index is -0.464. The second-order valence-corrected chi connectivity index (χ2v) is 4.63. The van der Waals surface area contributed by atoms with Crippen molar-refractivity contribution in [3.63, 3.8) is 0 Å². The Bertz CT molecular complexity index is 600. The van der Waals surface area contributed by atoms with E-state index in [0.717, 1.165) is 11.1 Å². The van der Waals surface area contributed by atoms with Crippen molar-refractivity contribution in [3.8, 4) is 0 Å². The molecule has 2 aromatic rings. The van der Waals surface area contributed by atoms with Gasteiger partial charge in [-0.05, 0) is 43.2 Å². The summed E-state index contributed by atoms with van der Waals surface area (Å²) in [6.07, 6.45) is 0. The molecule has 2 aromatic carbocycles. The first-order valence-corrected chi connectivity index (χ1v) is 5.94. The van der Waals surface area contributed by atoms with Crippen molar-refractivity contribution in [1.29, 1.82) is 0 Å². The van der Waals surface area contributed by atoms with Crippen LogP contribution in [0.2, 0.25) is 5.02 Å². The van der Waals surface area contributed by atoms with Gasteiger partial charge in [0.25, 0.3) is 0 Å². The molecule has 0 atom stereocenters. The van der Waals surface area contributed by atoms with Crippen LogP contribution in [0.5, 0.6) is 0 Å². The smallest absolute Gasteiger partial charge is 0.195 e. The first-order chi connectivity index (χ1) is 8.50. The lowest BCUT2D eigenvalue weighted by molar-refractivity contribution is 0.103. The van der Waals surface area contributed by atoms with E-state index in [9.17, 15) is 9.18 Å². The topological polar surface area (TPSA) is 17.1 Å². The lowest BCUT2D eigenvalue weighted by Gasteiger charge is -2.09. The highest BCUT2D eigenvalue weighted by atomic mass is 35.5. The molecule has 1 nitrogen and oxygen atoms in total. The zero-order chi connectivity index (χ0) is 13.3. The Hall–Kier alpha value is -1.67. The van der Waals surface area contributed by atoms with E-state index in [1.54, 1.807) is 0 Å². The standard InChI is InChI=1S/C15H12ClFO/c1-9-4-3-5-10(2)14(9)15(18)12-8-11(17)6-7-13(12)16/h3-8H,1-2H3. The Morgan fingerprint density at radius 3 is 2.33 bits per heavy atom. The average Bonchev–Trinajstić information content (AvgIpc) is 2.32. The van der Waals surface area contributed by atoms with Gasteiger partial charge >= 0.3 is 0 Å². The molecule has 0 N–H and O–H groups in total. The van der Waals surface area contributed by atoms with Gasteiger partial charge in [0.2, 0.25) is 0 Å². The van der Waals surface area contributed by atoms with Crippen molar-refractivity contribution < 1.29 is 9.18 Å². The van der Waals surface area contributed by atoms with Gasteiger partial charge in [-0.2, -0.15) is 0 Å². The molecule has 18 heavy (non-hydrogen) atoms. The Kier molecular flexibility index (Phi) is 3.48. The van der Waals surface area contributed by atoms with Crippen molar-refractivity contribution >= 4 is 17.4 Å². The summed E-state index contributed by atoms with van der Waals surface area (Å²) >= 11 is 5.96. The lowest BCUT2D eigenvalue weighted by atomic mass is 9.95. The molecule has 0 amide bonds. The number of carbonyl (C=O) groups excluding carboxylic acids is 1. The van der Waals surface area contributed by atoms with Gasteiger partial charge in [-0.25, -0.2) is 4.39 Å². The van der Waals surface area contributed by atoms with Crippen molar-refractivity contribution in [2.75, 3.05) is 0 Å². The summed E-state index contributed by atoms with van der Waals surface area (Å²) in [4.78, 5) is 12.4. The summed E-state index contributed by atoms with van der Waals surface area (Å²) in [6.45, 7) is 3.71. The number of carbonyl (C=O) groups is 1. The molecule has 0 radical (unpaired) electrons. The molecule has 0 aliphatic heterocycles. The maximum Gasteiger partial charge on any atom is 0.195 e. The summed E-state index contributed by atoms with van der Waals surface area (Å²) in [7, 11) is 0. The molecule has 92 valence electrons. The molecule has 0 bridgehead atoms. The predicted molar refractivity (Wildman–Crippen MR) is 70.8 cm³/mol. The Morgan fingerprint density at radius 2 is 1.72 bits per heavy atom. The molecular formula is C15H12ClFO. The lowest BCUT2D eigenvalue weighted by Crippen LogP contribution is -2.07. The minimum Gasteiger partial charge on any atom is -0.289 e. The summed E-state index contributed by atoms with van der Waals surface area (Å²) in [5, 5.41) is 0.268. The van der Waals surface area contributed by atoms with E-state index in [0.29, 0.717) is 5.56 Å². The van der Waals surface area contributed by atoms with Gasteiger partial charge in [-0.15, -0.1) is 0 Å². The van der Waals surface area contributed by atoms with Gasteiger partial charge in [0.05, 0.1) is 5.02 Å². The van der Waals surface area contributed by atoms with Crippen LogP contribution < -0.4 is 0 Å². The van der Waals surface area contributed by atoms with E-state index in [2.05, 4.69) is 0 Å². The second-order valence-electron chi connectivity index (χ2n) is 4.22. The van der Waals surface area contributed by atoms with Crippen LogP contribution in [0.25, 0.3) is 0 Å². The molecule has 0 aromatic heterocycles. The zero-order valence-corrected chi connectivity index (χ0v) is 10.9. The third kappa shape index (κ3) is 2.29. The van der Waals surface area contributed by atoms with Gasteiger partial charge in [-0.3, -0.25) is 4.79 Å². The monoisotopic (exact) mass is 262 g/mol. The van der Waals surface area contributed by atoms with Gasteiger partial charge < -0.3 is 0 Å². The van der Waals surface area contributed by atoms with Gasteiger partial charge in [0.1, 0.15) is 5.82 Å². The fourth-order valence-electron chi connectivity index (χ4n) is 1.98. The largest absolute Gasteiger partial charge is 0.289 e. The molecular weight excluding hydrogens is 251 g/mol.